The number of rotatable bonds is 3. The Hall–Kier alpha value is -3.39. The molecule has 0 unspecified atom stereocenters. The van der Waals surface area contributed by atoms with Crippen molar-refractivity contribution in [3.63, 3.8) is 0 Å². The Balaban J connectivity index is 1.81. The first-order chi connectivity index (χ1) is 14.2. The third-order valence-corrected chi connectivity index (χ3v) is 5.05. The lowest BCUT2D eigenvalue weighted by Gasteiger charge is -2.28. The van der Waals surface area contributed by atoms with Crippen molar-refractivity contribution in [2.24, 2.45) is 0 Å². The van der Waals surface area contributed by atoms with Gasteiger partial charge in [0.1, 0.15) is 17.0 Å². The van der Waals surface area contributed by atoms with Gasteiger partial charge in [-0.05, 0) is 29.8 Å². The Labute approximate surface area is 165 Å². The number of H-pyrrole nitrogens is 1. The maximum absolute atomic E-state index is 14.7. The lowest BCUT2D eigenvalue weighted by molar-refractivity contribution is 0.122. The summed E-state index contributed by atoms with van der Waals surface area (Å²) in [6, 6.07) is 9.57. The number of nitrogens with one attached hydrogen (secondary N) is 1. The van der Waals surface area contributed by atoms with Crippen LogP contribution in [0.1, 0.15) is 0 Å². The number of aromatic nitrogens is 4. The van der Waals surface area contributed by atoms with Crippen LogP contribution in [0.15, 0.2) is 48.8 Å². The molecule has 8 heteroatoms. The molecule has 0 atom stereocenters. The van der Waals surface area contributed by atoms with Crippen molar-refractivity contribution in [2.75, 3.05) is 31.2 Å². The number of ether oxygens (including phenoxy) is 1. The molecule has 6 nitrogen and oxygen atoms in total. The number of fused-ring (bicyclic) bond motifs is 1. The van der Waals surface area contributed by atoms with Crippen molar-refractivity contribution < 1.29 is 13.5 Å². The van der Waals surface area contributed by atoms with E-state index in [0.717, 1.165) is 6.07 Å². The molecule has 0 saturated carbocycles. The second-order valence-corrected chi connectivity index (χ2v) is 6.75. The van der Waals surface area contributed by atoms with E-state index in [9.17, 15) is 8.78 Å². The summed E-state index contributed by atoms with van der Waals surface area (Å²) in [4.78, 5) is 11.4. The van der Waals surface area contributed by atoms with Crippen LogP contribution >= 0.6 is 0 Å². The van der Waals surface area contributed by atoms with E-state index in [1.165, 1.54) is 6.07 Å². The zero-order valence-corrected chi connectivity index (χ0v) is 15.4. The summed E-state index contributed by atoms with van der Waals surface area (Å²) in [6.45, 7) is 2.51. The smallest absolute Gasteiger partial charge is 0.166 e. The first-order valence-electron chi connectivity index (χ1n) is 9.29. The predicted molar refractivity (Wildman–Crippen MR) is 106 cm³/mol. The minimum Gasteiger partial charge on any atom is -0.378 e. The average molecular weight is 393 g/mol. The van der Waals surface area contributed by atoms with Crippen molar-refractivity contribution in [3.8, 4) is 22.5 Å². The highest BCUT2D eigenvalue weighted by Crippen LogP contribution is 2.36. The highest BCUT2D eigenvalue weighted by atomic mass is 19.2. The van der Waals surface area contributed by atoms with Gasteiger partial charge < -0.3 is 9.64 Å². The van der Waals surface area contributed by atoms with Gasteiger partial charge >= 0.3 is 0 Å². The van der Waals surface area contributed by atoms with E-state index >= 15 is 0 Å². The highest BCUT2D eigenvalue weighted by Gasteiger charge is 2.20. The van der Waals surface area contributed by atoms with Crippen LogP contribution in [-0.2, 0) is 4.74 Å². The van der Waals surface area contributed by atoms with E-state index < -0.39 is 11.6 Å². The molecule has 1 aromatic carbocycles. The van der Waals surface area contributed by atoms with Crippen molar-refractivity contribution in [1.29, 1.82) is 0 Å². The Morgan fingerprint density at radius 1 is 1.00 bits per heavy atom. The van der Waals surface area contributed by atoms with E-state index in [2.05, 4.69) is 20.1 Å². The number of hydrogen-bond acceptors (Lipinski definition) is 5. The van der Waals surface area contributed by atoms with Crippen LogP contribution < -0.4 is 4.90 Å². The standard InChI is InChI=1S/C21H17F2N5O/c22-16-3-1-2-13(19(16)23)15-12-18(28-8-10-29-11-9-28)26-20-14(15)4-6-24-21(20)17-5-7-25-27-17/h1-7,12H,8-11H2,(H,25,27). The summed E-state index contributed by atoms with van der Waals surface area (Å²) >= 11 is 0. The number of aromatic amines is 1. The summed E-state index contributed by atoms with van der Waals surface area (Å²) in [5, 5.41) is 7.58. The zero-order valence-electron chi connectivity index (χ0n) is 15.4. The molecule has 1 aliphatic heterocycles. The highest BCUT2D eigenvalue weighted by molar-refractivity contribution is 6.01. The van der Waals surface area contributed by atoms with Gasteiger partial charge in [0.05, 0.1) is 18.9 Å². The molecule has 0 bridgehead atoms. The van der Waals surface area contributed by atoms with Crippen LogP contribution in [0.3, 0.4) is 0 Å². The van der Waals surface area contributed by atoms with E-state index in [1.54, 1.807) is 30.6 Å². The maximum atomic E-state index is 14.7. The summed E-state index contributed by atoms with van der Waals surface area (Å²) in [6.07, 6.45) is 3.27. The Bertz CT molecular complexity index is 1170. The largest absolute Gasteiger partial charge is 0.378 e. The second kappa shape index (κ2) is 7.21. The van der Waals surface area contributed by atoms with Gasteiger partial charge in [0.2, 0.25) is 0 Å². The van der Waals surface area contributed by atoms with Gasteiger partial charge in [-0.2, -0.15) is 5.10 Å². The van der Waals surface area contributed by atoms with Gasteiger partial charge in [0.15, 0.2) is 11.6 Å². The lowest BCUT2D eigenvalue weighted by atomic mass is 9.99. The van der Waals surface area contributed by atoms with Crippen molar-refractivity contribution in [3.05, 3.63) is 60.4 Å². The number of nitrogens with zero attached hydrogens (tertiary/aromatic N) is 4. The second-order valence-electron chi connectivity index (χ2n) is 6.75. The fraction of sp³-hybridized carbons (Fsp3) is 0.190. The zero-order chi connectivity index (χ0) is 19.8. The van der Waals surface area contributed by atoms with E-state index in [-0.39, 0.29) is 5.56 Å². The molecular weight excluding hydrogens is 376 g/mol. The molecule has 0 aliphatic carbocycles. The van der Waals surface area contributed by atoms with Gasteiger partial charge in [-0.15, -0.1) is 0 Å². The molecule has 1 saturated heterocycles. The number of hydrogen-bond donors (Lipinski definition) is 1. The normalized spacial score (nSPS) is 14.5. The average Bonchev–Trinajstić information content (AvgIpc) is 3.30. The molecule has 4 aromatic rings. The van der Waals surface area contributed by atoms with Crippen LogP contribution in [0.4, 0.5) is 14.6 Å². The maximum Gasteiger partial charge on any atom is 0.166 e. The molecule has 0 radical (unpaired) electrons. The van der Waals surface area contributed by atoms with E-state index in [0.29, 0.717) is 60.0 Å². The van der Waals surface area contributed by atoms with Crippen LogP contribution in [0.2, 0.25) is 0 Å². The molecular formula is C21H17F2N5O. The number of pyridine rings is 2. The lowest BCUT2D eigenvalue weighted by Crippen LogP contribution is -2.36. The monoisotopic (exact) mass is 393 g/mol. The van der Waals surface area contributed by atoms with Crippen LogP contribution in [0, 0.1) is 11.6 Å². The fourth-order valence-electron chi connectivity index (χ4n) is 3.61. The van der Waals surface area contributed by atoms with Crippen LogP contribution in [-0.4, -0.2) is 46.5 Å². The Kier molecular flexibility index (Phi) is 4.40. The van der Waals surface area contributed by atoms with E-state index in [4.69, 9.17) is 9.72 Å². The van der Waals surface area contributed by atoms with Gasteiger partial charge in [-0.1, -0.05) is 12.1 Å². The predicted octanol–water partition coefficient (Wildman–Crippen LogP) is 3.80. The summed E-state index contributed by atoms with van der Waals surface area (Å²) in [5.74, 6) is -1.09. The quantitative estimate of drug-likeness (QED) is 0.574. The molecule has 5 rings (SSSR count). The van der Waals surface area contributed by atoms with Crippen LogP contribution in [0.25, 0.3) is 33.4 Å². The minimum atomic E-state index is -0.886. The molecule has 1 aliphatic rings. The molecule has 29 heavy (non-hydrogen) atoms. The Morgan fingerprint density at radius 3 is 2.66 bits per heavy atom. The molecule has 146 valence electrons. The van der Waals surface area contributed by atoms with Crippen LogP contribution in [0.5, 0.6) is 0 Å². The number of benzene rings is 1. The van der Waals surface area contributed by atoms with E-state index in [1.807, 2.05) is 6.07 Å². The SMILES string of the molecule is Fc1cccc(-c2cc(N3CCOCC3)nc3c(-c4ccn[nH]4)nccc23)c1F. The van der Waals surface area contributed by atoms with Crippen molar-refractivity contribution >= 4 is 16.7 Å². The molecule has 0 amide bonds. The summed E-state index contributed by atoms with van der Waals surface area (Å²) in [5.41, 5.74) is 2.66. The first kappa shape index (κ1) is 17.7. The van der Waals surface area contributed by atoms with Gasteiger partial charge in [0, 0.05) is 36.4 Å². The number of halogens is 2. The van der Waals surface area contributed by atoms with Gasteiger partial charge in [-0.25, -0.2) is 13.8 Å². The third kappa shape index (κ3) is 3.11. The van der Waals surface area contributed by atoms with Gasteiger partial charge in [-0.3, -0.25) is 10.1 Å². The molecule has 1 N–H and O–H groups in total. The fourth-order valence-corrected chi connectivity index (χ4v) is 3.61. The third-order valence-electron chi connectivity index (χ3n) is 5.05. The topological polar surface area (TPSA) is 66.9 Å². The van der Waals surface area contributed by atoms with Gasteiger partial charge in [0.25, 0.3) is 0 Å². The number of anilines is 1. The molecule has 0 spiro atoms. The summed E-state index contributed by atoms with van der Waals surface area (Å²) in [7, 11) is 0. The first-order valence-corrected chi connectivity index (χ1v) is 9.29. The summed E-state index contributed by atoms with van der Waals surface area (Å²) < 4.78 is 34.1. The molecule has 1 fully saturated rings. The molecule has 4 heterocycles. The minimum absolute atomic E-state index is 0.189. The Morgan fingerprint density at radius 2 is 1.86 bits per heavy atom. The molecule has 3 aromatic heterocycles. The number of morpholine rings is 1. The van der Waals surface area contributed by atoms with Crippen molar-refractivity contribution in [1.82, 2.24) is 20.2 Å². The van der Waals surface area contributed by atoms with Crippen molar-refractivity contribution in [2.45, 2.75) is 0 Å².